The predicted molar refractivity (Wildman–Crippen MR) is 104 cm³/mol. The van der Waals surface area contributed by atoms with Gasteiger partial charge >= 0.3 is 6.09 Å². The lowest BCUT2D eigenvalue weighted by molar-refractivity contribution is -0.385. The Hall–Kier alpha value is -3.29. The van der Waals surface area contributed by atoms with E-state index < -0.39 is 16.6 Å². The summed E-state index contributed by atoms with van der Waals surface area (Å²) in [5.41, 5.74) is 0.311. The van der Waals surface area contributed by atoms with Crippen LogP contribution in [-0.4, -0.2) is 33.7 Å². The summed E-state index contributed by atoms with van der Waals surface area (Å²) in [6.07, 6.45) is -1.16. The first kappa shape index (κ1) is 21.0. The fourth-order valence-corrected chi connectivity index (χ4v) is 2.69. The van der Waals surface area contributed by atoms with Gasteiger partial charge in [0, 0.05) is 17.7 Å². The van der Waals surface area contributed by atoms with E-state index in [0.29, 0.717) is 17.2 Å². The van der Waals surface area contributed by atoms with Crippen LogP contribution in [0.4, 0.5) is 10.5 Å². The number of rotatable bonds is 6. The van der Waals surface area contributed by atoms with E-state index in [0.717, 1.165) is 10.5 Å². The number of methoxy groups -OCH3 is 1. The van der Waals surface area contributed by atoms with Crippen molar-refractivity contribution in [3.05, 3.63) is 57.6 Å². The molecule has 1 N–H and O–H groups in total. The molecule has 0 atom stereocenters. The van der Waals surface area contributed by atoms with Crippen LogP contribution in [0.25, 0.3) is 0 Å². The molecule has 2 aromatic rings. The molecule has 150 valence electrons. The van der Waals surface area contributed by atoms with Crippen LogP contribution in [-0.2, 0) is 6.54 Å². The standard InChI is InChI=1S/C20H24N2O6/c1-13-6-7-16(11-18(13)27-5)28-15-8-9-17(22(25)26)14(10-15)12-21(19(23)24)20(2,3)4/h6-11H,12H2,1-5H3,(H,23,24). The molecule has 0 saturated carbocycles. The number of hydrogen-bond donors (Lipinski definition) is 1. The Morgan fingerprint density at radius 1 is 1.18 bits per heavy atom. The summed E-state index contributed by atoms with van der Waals surface area (Å²) < 4.78 is 11.1. The van der Waals surface area contributed by atoms with Crippen molar-refractivity contribution in [3.8, 4) is 17.2 Å². The molecule has 0 radical (unpaired) electrons. The second-order valence-corrected chi connectivity index (χ2v) is 7.32. The van der Waals surface area contributed by atoms with Gasteiger partial charge in [0.05, 0.1) is 24.1 Å². The van der Waals surface area contributed by atoms with Gasteiger partial charge in [0.25, 0.3) is 5.69 Å². The maximum atomic E-state index is 11.6. The normalized spacial score (nSPS) is 11.0. The van der Waals surface area contributed by atoms with Gasteiger partial charge in [-0.25, -0.2) is 4.79 Å². The van der Waals surface area contributed by atoms with Crippen molar-refractivity contribution in [3.63, 3.8) is 0 Å². The van der Waals surface area contributed by atoms with Crippen LogP contribution >= 0.6 is 0 Å². The lowest BCUT2D eigenvalue weighted by Crippen LogP contribution is -2.44. The van der Waals surface area contributed by atoms with Crippen LogP contribution in [0.15, 0.2) is 36.4 Å². The highest BCUT2D eigenvalue weighted by molar-refractivity contribution is 5.66. The molecule has 0 aliphatic rings. The third kappa shape index (κ3) is 4.91. The monoisotopic (exact) mass is 388 g/mol. The predicted octanol–water partition coefficient (Wildman–Crippen LogP) is 4.98. The molecular weight excluding hydrogens is 364 g/mol. The van der Waals surface area contributed by atoms with E-state index in [1.54, 1.807) is 40.0 Å². The van der Waals surface area contributed by atoms with E-state index in [1.165, 1.54) is 18.2 Å². The van der Waals surface area contributed by atoms with Crippen molar-refractivity contribution < 1.29 is 24.3 Å². The molecule has 0 bridgehead atoms. The number of nitro groups is 1. The first-order valence-electron chi connectivity index (χ1n) is 8.63. The molecule has 0 unspecified atom stereocenters. The van der Waals surface area contributed by atoms with E-state index in [4.69, 9.17) is 9.47 Å². The van der Waals surface area contributed by atoms with E-state index in [1.807, 2.05) is 13.0 Å². The van der Waals surface area contributed by atoms with E-state index >= 15 is 0 Å². The number of nitrogens with zero attached hydrogens (tertiary/aromatic N) is 2. The lowest BCUT2D eigenvalue weighted by atomic mass is 10.0. The van der Waals surface area contributed by atoms with Gasteiger partial charge in [-0.2, -0.15) is 0 Å². The van der Waals surface area contributed by atoms with Gasteiger partial charge in [-0.15, -0.1) is 0 Å². The Kier molecular flexibility index (Phi) is 6.12. The quantitative estimate of drug-likeness (QED) is 0.553. The van der Waals surface area contributed by atoms with Crippen molar-refractivity contribution in [1.82, 2.24) is 4.90 Å². The lowest BCUT2D eigenvalue weighted by Gasteiger charge is -2.33. The maximum Gasteiger partial charge on any atom is 0.408 e. The summed E-state index contributed by atoms with van der Waals surface area (Å²) in [4.78, 5) is 23.6. The van der Waals surface area contributed by atoms with E-state index in [2.05, 4.69) is 0 Å². The smallest absolute Gasteiger partial charge is 0.408 e. The van der Waals surface area contributed by atoms with Crippen LogP contribution in [0.2, 0.25) is 0 Å². The minimum atomic E-state index is -1.16. The topological polar surface area (TPSA) is 102 Å². The van der Waals surface area contributed by atoms with Gasteiger partial charge in [-0.1, -0.05) is 6.07 Å². The molecule has 28 heavy (non-hydrogen) atoms. The molecule has 0 saturated heterocycles. The Morgan fingerprint density at radius 3 is 2.32 bits per heavy atom. The number of benzene rings is 2. The van der Waals surface area contributed by atoms with Crippen LogP contribution in [0.3, 0.4) is 0 Å². The maximum absolute atomic E-state index is 11.6. The minimum absolute atomic E-state index is 0.135. The fourth-order valence-electron chi connectivity index (χ4n) is 2.69. The van der Waals surface area contributed by atoms with Crippen molar-refractivity contribution in [1.29, 1.82) is 0 Å². The number of hydrogen-bond acceptors (Lipinski definition) is 5. The zero-order valence-corrected chi connectivity index (χ0v) is 16.6. The summed E-state index contributed by atoms with van der Waals surface area (Å²) in [5.74, 6) is 1.53. The highest BCUT2D eigenvalue weighted by Gasteiger charge is 2.29. The summed E-state index contributed by atoms with van der Waals surface area (Å²) in [6, 6.07) is 9.61. The second kappa shape index (κ2) is 8.16. The van der Waals surface area contributed by atoms with Crippen molar-refractivity contribution in [2.24, 2.45) is 0 Å². The number of amides is 1. The molecule has 8 heteroatoms. The van der Waals surface area contributed by atoms with Gasteiger partial charge in [0.2, 0.25) is 0 Å². The minimum Gasteiger partial charge on any atom is -0.496 e. The number of aryl methyl sites for hydroxylation is 1. The molecule has 2 aromatic carbocycles. The molecule has 0 aliphatic carbocycles. The zero-order chi connectivity index (χ0) is 21.1. The Morgan fingerprint density at radius 2 is 1.79 bits per heavy atom. The van der Waals surface area contributed by atoms with Gasteiger partial charge in [0.15, 0.2) is 0 Å². The number of ether oxygens (including phenoxy) is 2. The molecule has 0 aliphatic heterocycles. The van der Waals surface area contributed by atoms with Crippen LogP contribution in [0.1, 0.15) is 31.9 Å². The van der Waals surface area contributed by atoms with Crippen LogP contribution in [0, 0.1) is 17.0 Å². The average Bonchev–Trinajstić information content (AvgIpc) is 2.60. The Balaban J connectivity index is 2.40. The second-order valence-electron chi connectivity index (χ2n) is 7.32. The fraction of sp³-hybridized carbons (Fsp3) is 0.350. The molecule has 0 heterocycles. The Bertz CT molecular complexity index is 889. The third-order valence-electron chi connectivity index (χ3n) is 4.23. The first-order valence-corrected chi connectivity index (χ1v) is 8.63. The van der Waals surface area contributed by atoms with Gasteiger partial charge in [0.1, 0.15) is 17.2 Å². The van der Waals surface area contributed by atoms with E-state index in [-0.39, 0.29) is 17.8 Å². The SMILES string of the molecule is COc1cc(Oc2ccc([N+](=O)[O-])c(CN(C(=O)O)C(C)(C)C)c2)ccc1C. The van der Waals surface area contributed by atoms with Gasteiger partial charge in [-0.3, -0.25) is 15.0 Å². The summed E-state index contributed by atoms with van der Waals surface area (Å²) >= 11 is 0. The zero-order valence-electron chi connectivity index (χ0n) is 16.6. The van der Waals surface area contributed by atoms with Gasteiger partial charge in [-0.05, 0) is 51.5 Å². The summed E-state index contributed by atoms with van der Waals surface area (Å²) in [5, 5.41) is 20.9. The highest BCUT2D eigenvalue weighted by Crippen LogP contribution is 2.32. The molecule has 0 fully saturated rings. The van der Waals surface area contributed by atoms with Gasteiger partial charge < -0.3 is 14.6 Å². The highest BCUT2D eigenvalue weighted by atomic mass is 16.6. The molecule has 1 amide bonds. The molecule has 8 nitrogen and oxygen atoms in total. The average molecular weight is 388 g/mol. The third-order valence-corrected chi connectivity index (χ3v) is 4.23. The molecule has 0 aromatic heterocycles. The number of nitro benzene ring substituents is 1. The molecule has 2 rings (SSSR count). The summed E-state index contributed by atoms with van der Waals surface area (Å²) in [7, 11) is 1.56. The van der Waals surface area contributed by atoms with Crippen molar-refractivity contribution in [2.75, 3.05) is 7.11 Å². The van der Waals surface area contributed by atoms with Crippen molar-refractivity contribution >= 4 is 11.8 Å². The molecule has 0 spiro atoms. The molecular formula is C20H24N2O6. The largest absolute Gasteiger partial charge is 0.496 e. The van der Waals surface area contributed by atoms with Crippen LogP contribution < -0.4 is 9.47 Å². The summed E-state index contributed by atoms with van der Waals surface area (Å²) in [6.45, 7) is 6.95. The number of carboxylic acid groups (broad SMARTS) is 1. The first-order chi connectivity index (χ1) is 13.0. The Labute approximate surface area is 163 Å². The number of carbonyl (C=O) groups is 1. The van der Waals surface area contributed by atoms with E-state index in [9.17, 15) is 20.0 Å². The van der Waals surface area contributed by atoms with Crippen molar-refractivity contribution in [2.45, 2.75) is 39.8 Å². The van der Waals surface area contributed by atoms with Crippen LogP contribution in [0.5, 0.6) is 17.2 Å².